The summed E-state index contributed by atoms with van der Waals surface area (Å²) < 4.78 is 23.9. The molecule has 0 radical (unpaired) electrons. The van der Waals surface area contributed by atoms with Gasteiger partial charge in [-0.25, -0.2) is 0 Å². The quantitative estimate of drug-likeness (QED) is 0.435. The summed E-state index contributed by atoms with van der Waals surface area (Å²) in [5.74, 6) is 2.32. The van der Waals surface area contributed by atoms with Gasteiger partial charge in [0.1, 0.15) is 23.4 Å². The monoisotopic (exact) mass is 487 g/mol. The number of anilines is 1. The molecule has 0 saturated heterocycles. The van der Waals surface area contributed by atoms with Crippen molar-refractivity contribution in [1.82, 2.24) is 0 Å². The highest BCUT2D eigenvalue weighted by atomic mass is 16.5. The topological polar surface area (TPSA) is 66.0 Å². The molecular formula is C30H33NO5. The third-order valence-corrected chi connectivity index (χ3v) is 7.40. The summed E-state index contributed by atoms with van der Waals surface area (Å²) in [6, 6.07) is 17.4. The molecule has 188 valence electrons. The minimum Gasteiger partial charge on any atom is -0.496 e. The van der Waals surface area contributed by atoms with E-state index in [4.69, 9.17) is 18.9 Å². The third-order valence-electron chi connectivity index (χ3n) is 7.40. The highest BCUT2D eigenvalue weighted by molar-refractivity contribution is 6.06. The zero-order valence-corrected chi connectivity index (χ0v) is 21.3. The number of para-hydroxylation sites is 1. The van der Waals surface area contributed by atoms with E-state index in [0.717, 1.165) is 47.5 Å². The van der Waals surface area contributed by atoms with Crippen molar-refractivity contribution in [3.05, 3.63) is 82.4 Å². The van der Waals surface area contributed by atoms with E-state index >= 15 is 0 Å². The van der Waals surface area contributed by atoms with Crippen molar-refractivity contribution in [2.45, 2.75) is 50.7 Å². The molecular weight excluding hydrogens is 454 g/mol. The van der Waals surface area contributed by atoms with Gasteiger partial charge in [-0.15, -0.1) is 0 Å². The molecule has 3 atom stereocenters. The van der Waals surface area contributed by atoms with Crippen LogP contribution >= 0.6 is 0 Å². The lowest BCUT2D eigenvalue weighted by Gasteiger charge is -2.42. The van der Waals surface area contributed by atoms with Gasteiger partial charge in [-0.2, -0.15) is 0 Å². The van der Waals surface area contributed by atoms with Crippen LogP contribution in [0.4, 0.5) is 5.69 Å². The average Bonchev–Trinajstić information content (AvgIpc) is 2.91. The van der Waals surface area contributed by atoms with Crippen molar-refractivity contribution in [2.24, 2.45) is 0 Å². The standard InChI is InChI=1S/C30H33NO5/c1-18-9-7-13-22(28(18)35-4)30(32)31-20-11-8-10-19(17-20)29-27-25(34-3)16-15-24(33-2)26(27)21-12-5-6-14-23(21)36-29/h7-11,13,15-17,21,23,29H,5-6,12,14H2,1-4H3,(H,31,32)/t21-,23-,29-/m1/s1. The zero-order chi connectivity index (χ0) is 25.2. The van der Waals surface area contributed by atoms with Crippen LogP contribution in [0.1, 0.15) is 70.3 Å². The summed E-state index contributed by atoms with van der Waals surface area (Å²) in [7, 11) is 5.00. The highest BCUT2D eigenvalue weighted by Gasteiger charge is 2.41. The molecule has 2 aliphatic rings. The number of aryl methyl sites for hydroxylation is 1. The van der Waals surface area contributed by atoms with Crippen LogP contribution in [0.15, 0.2) is 54.6 Å². The van der Waals surface area contributed by atoms with Crippen molar-refractivity contribution < 1.29 is 23.7 Å². The third kappa shape index (κ3) is 4.30. The van der Waals surface area contributed by atoms with Gasteiger partial charge in [0.15, 0.2) is 0 Å². The molecule has 0 aromatic heterocycles. The Bertz CT molecular complexity index is 1270. The van der Waals surface area contributed by atoms with Gasteiger partial charge in [0, 0.05) is 22.7 Å². The normalized spacial score (nSPS) is 20.6. The van der Waals surface area contributed by atoms with Gasteiger partial charge in [-0.3, -0.25) is 4.79 Å². The lowest BCUT2D eigenvalue weighted by molar-refractivity contribution is -0.0406. The van der Waals surface area contributed by atoms with Gasteiger partial charge in [-0.05, 0) is 61.2 Å². The van der Waals surface area contributed by atoms with Gasteiger partial charge >= 0.3 is 0 Å². The predicted molar refractivity (Wildman–Crippen MR) is 140 cm³/mol. The van der Waals surface area contributed by atoms with Crippen LogP contribution in [0.5, 0.6) is 17.2 Å². The second-order valence-corrected chi connectivity index (χ2v) is 9.48. The SMILES string of the molecule is COc1ccc(OC)c2c1[C@@H](c1cccc(NC(=O)c3cccc(C)c3OC)c1)O[C@@H]1CCCC[C@@H]21. The molecule has 6 heteroatoms. The Balaban J connectivity index is 1.53. The van der Waals surface area contributed by atoms with Crippen molar-refractivity contribution in [2.75, 3.05) is 26.6 Å². The number of hydrogen-bond acceptors (Lipinski definition) is 5. The fourth-order valence-corrected chi connectivity index (χ4v) is 5.76. The van der Waals surface area contributed by atoms with Gasteiger partial charge in [0.25, 0.3) is 5.91 Å². The molecule has 1 aliphatic carbocycles. The van der Waals surface area contributed by atoms with Crippen LogP contribution in [0.25, 0.3) is 0 Å². The van der Waals surface area contributed by atoms with E-state index in [0.29, 0.717) is 17.0 Å². The maximum absolute atomic E-state index is 13.1. The maximum atomic E-state index is 13.1. The Hall–Kier alpha value is -3.51. The van der Waals surface area contributed by atoms with Crippen molar-refractivity contribution in [3.63, 3.8) is 0 Å². The Labute approximate surface area is 212 Å². The van der Waals surface area contributed by atoms with Crippen molar-refractivity contribution >= 4 is 11.6 Å². The van der Waals surface area contributed by atoms with E-state index in [1.807, 2.05) is 55.5 Å². The predicted octanol–water partition coefficient (Wildman–Crippen LogP) is 6.42. The molecule has 1 amide bonds. The molecule has 36 heavy (non-hydrogen) atoms. The van der Waals surface area contributed by atoms with E-state index < -0.39 is 0 Å². The fraction of sp³-hybridized carbons (Fsp3) is 0.367. The number of rotatable bonds is 6. The van der Waals surface area contributed by atoms with Crippen LogP contribution < -0.4 is 19.5 Å². The molecule has 1 saturated carbocycles. The molecule has 3 aromatic carbocycles. The molecule has 0 unspecified atom stereocenters. The Kier molecular flexibility index (Phi) is 6.88. The molecule has 1 aliphatic heterocycles. The first-order valence-corrected chi connectivity index (χ1v) is 12.5. The first-order chi connectivity index (χ1) is 17.5. The molecule has 1 heterocycles. The lowest BCUT2D eigenvalue weighted by atomic mass is 9.75. The molecule has 0 bridgehead atoms. The summed E-state index contributed by atoms with van der Waals surface area (Å²) >= 11 is 0. The molecule has 1 N–H and O–H groups in total. The smallest absolute Gasteiger partial charge is 0.259 e. The van der Waals surface area contributed by atoms with Crippen molar-refractivity contribution in [1.29, 1.82) is 0 Å². The summed E-state index contributed by atoms with van der Waals surface area (Å²) in [5.41, 5.74) is 5.27. The van der Waals surface area contributed by atoms with Gasteiger partial charge in [0.05, 0.1) is 33.0 Å². The number of carbonyl (C=O) groups is 1. The molecule has 3 aromatic rings. The van der Waals surface area contributed by atoms with Crippen molar-refractivity contribution in [3.8, 4) is 17.2 Å². The number of fused-ring (bicyclic) bond motifs is 3. The van der Waals surface area contributed by atoms with E-state index in [2.05, 4.69) is 5.32 Å². The van der Waals surface area contributed by atoms with Crippen LogP contribution in [0.3, 0.4) is 0 Å². The van der Waals surface area contributed by atoms with Gasteiger partial charge < -0.3 is 24.3 Å². The van der Waals surface area contributed by atoms with Crippen LogP contribution in [-0.2, 0) is 4.74 Å². The first kappa shape index (κ1) is 24.2. The second kappa shape index (κ2) is 10.2. The van der Waals surface area contributed by atoms with Crippen LogP contribution in [0.2, 0.25) is 0 Å². The van der Waals surface area contributed by atoms with Crippen LogP contribution in [0, 0.1) is 6.92 Å². The molecule has 1 fully saturated rings. The number of hydrogen-bond donors (Lipinski definition) is 1. The average molecular weight is 488 g/mol. The van der Waals surface area contributed by atoms with Gasteiger partial charge in [-0.1, -0.05) is 37.1 Å². The van der Waals surface area contributed by atoms with E-state index in [1.165, 1.54) is 12.0 Å². The summed E-state index contributed by atoms with van der Waals surface area (Å²) in [4.78, 5) is 13.1. The van der Waals surface area contributed by atoms with E-state index in [1.54, 1.807) is 27.4 Å². The number of ether oxygens (including phenoxy) is 4. The number of nitrogens with one attached hydrogen (secondary N) is 1. The number of carbonyl (C=O) groups excluding carboxylic acids is 1. The minimum absolute atomic E-state index is 0.118. The summed E-state index contributed by atoms with van der Waals surface area (Å²) in [5, 5.41) is 3.04. The highest BCUT2D eigenvalue weighted by Crippen LogP contribution is 2.53. The molecule has 6 nitrogen and oxygen atoms in total. The Morgan fingerprint density at radius 2 is 1.61 bits per heavy atom. The Morgan fingerprint density at radius 3 is 2.36 bits per heavy atom. The number of methoxy groups -OCH3 is 3. The summed E-state index contributed by atoms with van der Waals surface area (Å²) in [6.45, 7) is 1.92. The van der Waals surface area contributed by atoms with E-state index in [9.17, 15) is 4.79 Å². The maximum Gasteiger partial charge on any atom is 0.259 e. The fourth-order valence-electron chi connectivity index (χ4n) is 5.76. The largest absolute Gasteiger partial charge is 0.496 e. The zero-order valence-electron chi connectivity index (χ0n) is 21.3. The van der Waals surface area contributed by atoms with Gasteiger partial charge in [0.2, 0.25) is 0 Å². The minimum atomic E-state index is -0.324. The molecule has 0 spiro atoms. The first-order valence-electron chi connectivity index (χ1n) is 12.5. The lowest BCUT2D eigenvalue weighted by Crippen LogP contribution is -2.34. The number of benzene rings is 3. The van der Waals surface area contributed by atoms with E-state index in [-0.39, 0.29) is 24.0 Å². The second-order valence-electron chi connectivity index (χ2n) is 9.48. The molecule has 5 rings (SSSR count). The van der Waals surface area contributed by atoms with Crippen LogP contribution in [-0.4, -0.2) is 33.3 Å². The number of amides is 1. The Morgan fingerprint density at radius 1 is 0.889 bits per heavy atom. The summed E-state index contributed by atoms with van der Waals surface area (Å²) in [6.07, 6.45) is 4.22.